The van der Waals surface area contributed by atoms with E-state index in [9.17, 15) is 19.2 Å². The summed E-state index contributed by atoms with van der Waals surface area (Å²) in [6, 6.07) is 9.22. The van der Waals surface area contributed by atoms with E-state index in [0.717, 1.165) is 18.3 Å². The number of hydrogen-bond acceptors (Lipinski definition) is 4. The highest BCUT2D eigenvalue weighted by atomic mass is 19.1. The molecule has 2 heterocycles. The molecule has 0 saturated carbocycles. The van der Waals surface area contributed by atoms with Crippen molar-refractivity contribution in [3.05, 3.63) is 89.2 Å². The number of furan rings is 1. The zero-order chi connectivity index (χ0) is 17.1. The molecule has 0 fully saturated rings. The summed E-state index contributed by atoms with van der Waals surface area (Å²) >= 11 is 0. The fraction of sp³-hybridized carbons (Fsp3) is 0. The molecule has 7 heteroatoms. The second-order valence-corrected chi connectivity index (χ2v) is 4.85. The molecule has 1 N–H and O–H groups in total. The lowest BCUT2D eigenvalue weighted by Gasteiger charge is -2.04. The second-order valence-electron chi connectivity index (χ2n) is 4.85. The summed E-state index contributed by atoms with van der Waals surface area (Å²) in [5.41, 5.74) is 0.191. The molecule has 0 aliphatic heterocycles. The summed E-state index contributed by atoms with van der Waals surface area (Å²) in [6.07, 6.45) is 3.69. The van der Waals surface area contributed by atoms with Crippen molar-refractivity contribution in [3.63, 3.8) is 0 Å². The smallest absolute Gasteiger partial charge is 0.313 e. The van der Waals surface area contributed by atoms with Gasteiger partial charge < -0.3 is 9.62 Å². The van der Waals surface area contributed by atoms with Gasteiger partial charge in [0.15, 0.2) is 11.5 Å². The number of aromatic nitrogens is 1. The van der Waals surface area contributed by atoms with Crippen LogP contribution in [0.3, 0.4) is 0 Å². The SMILES string of the molecule is O=C(N=c1ccn(O)cc1C(=O)c1ccc(F)cc1)c1ccco1. The van der Waals surface area contributed by atoms with Crippen LogP contribution in [0.2, 0.25) is 0 Å². The molecule has 3 aromatic rings. The first-order chi connectivity index (χ1) is 11.5. The van der Waals surface area contributed by atoms with E-state index in [1.165, 1.54) is 36.7 Å². The van der Waals surface area contributed by atoms with E-state index in [1.807, 2.05) is 0 Å². The lowest BCUT2D eigenvalue weighted by Crippen LogP contribution is -2.20. The van der Waals surface area contributed by atoms with E-state index < -0.39 is 17.5 Å². The molecule has 3 rings (SSSR count). The van der Waals surface area contributed by atoms with Crippen molar-refractivity contribution in [2.45, 2.75) is 0 Å². The number of rotatable bonds is 3. The number of carbonyl (C=O) groups excluding carboxylic acids is 2. The molecule has 0 aliphatic carbocycles. The average molecular weight is 326 g/mol. The van der Waals surface area contributed by atoms with Gasteiger partial charge in [0.2, 0.25) is 0 Å². The van der Waals surface area contributed by atoms with Gasteiger partial charge >= 0.3 is 5.91 Å². The van der Waals surface area contributed by atoms with Crippen molar-refractivity contribution in [1.29, 1.82) is 0 Å². The van der Waals surface area contributed by atoms with Crippen LogP contribution in [0, 0.1) is 5.82 Å². The van der Waals surface area contributed by atoms with Crippen LogP contribution in [0.4, 0.5) is 4.39 Å². The van der Waals surface area contributed by atoms with E-state index >= 15 is 0 Å². The Labute approximate surface area is 135 Å². The molecule has 0 unspecified atom stereocenters. The summed E-state index contributed by atoms with van der Waals surface area (Å²) in [7, 11) is 0. The summed E-state index contributed by atoms with van der Waals surface area (Å²) in [4.78, 5) is 28.4. The summed E-state index contributed by atoms with van der Waals surface area (Å²) in [6.45, 7) is 0. The maximum absolute atomic E-state index is 13.0. The molecule has 0 atom stereocenters. The van der Waals surface area contributed by atoms with Crippen LogP contribution >= 0.6 is 0 Å². The Morgan fingerprint density at radius 1 is 1.12 bits per heavy atom. The number of ketones is 1. The van der Waals surface area contributed by atoms with Gasteiger partial charge in [-0.3, -0.25) is 9.59 Å². The van der Waals surface area contributed by atoms with Gasteiger partial charge in [0.25, 0.3) is 0 Å². The third-order valence-corrected chi connectivity index (χ3v) is 3.23. The van der Waals surface area contributed by atoms with Gasteiger partial charge in [-0.1, -0.05) is 0 Å². The molecule has 0 spiro atoms. The van der Waals surface area contributed by atoms with E-state index in [1.54, 1.807) is 6.07 Å². The maximum Gasteiger partial charge on any atom is 0.313 e. The average Bonchev–Trinajstić information content (AvgIpc) is 3.11. The number of benzene rings is 1. The molecule has 0 bridgehead atoms. The number of halogens is 1. The first-order valence-corrected chi connectivity index (χ1v) is 6.89. The molecule has 120 valence electrons. The fourth-order valence-electron chi connectivity index (χ4n) is 2.07. The maximum atomic E-state index is 13.0. The van der Waals surface area contributed by atoms with Crippen molar-refractivity contribution in [2.75, 3.05) is 0 Å². The predicted molar refractivity (Wildman–Crippen MR) is 80.1 cm³/mol. The molecular formula is C17H11FN2O4. The number of nitrogens with zero attached hydrogens (tertiary/aromatic N) is 2. The third-order valence-electron chi connectivity index (χ3n) is 3.23. The van der Waals surface area contributed by atoms with Gasteiger partial charge in [0.1, 0.15) is 5.82 Å². The van der Waals surface area contributed by atoms with Crippen molar-refractivity contribution >= 4 is 11.7 Å². The van der Waals surface area contributed by atoms with Gasteiger partial charge in [-0.05, 0) is 42.5 Å². The van der Waals surface area contributed by atoms with Crippen LogP contribution in [-0.4, -0.2) is 21.6 Å². The molecular weight excluding hydrogens is 315 g/mol. The Hall–Kier alpha value is -3.48. The lowest BCUT2D eigenvalue weighted by molar-refractivity contribution is 0.0971. The minimum absolute atomic E-state index is 0.00786. The van der Waals surface area contributed by atoms with Gasteiger partial charge in [0.05, 0.1) is 23.4 Å². The molecule has 1 aromatic carbocycles. The molecule has 2 aromatic heterocycles. The standard InChI is InChI=1S/C17H11FN2O4/c18-12-5-3-11(4-6-12)16(21)13-10-20(23)8-7-14(13)19-17(22)15-2-1-9-24-15/h1-10,23H. The highest BCUT2D eigenvalue weighted by Gasteiger charge is 2.14. The predicted octanol–water partition coefficient (Wildman–Crippen LogP) is 2.43. The number of carbonyl (C=O) groups is 2. The van der Waals surface area contributed by atoms with E-state index in [0.29, 0.717) is 4.73 Å². The zero-order valence-electron chi connectivity index (χ0n) is 12.2. The van der Waals surface area contributed by atoms with Gasteiger partial charge in [-0.25, -0.2) is 14.1 Å². The molecule has 0 saturated heterocycles. The van der Waals surface area contributed by atoms with Crippen LogP contribution < -0.4 is 5.36 Å². The zero-order valence-corrected chi connectivity index (χ0v) is 12.2. The quantitative estimate of drug-likeness (QED) is 0.592. The highest BCUT2D eigenvalue weighted by Crippen LogP contribution is 2.08. The van der Waals surface area contributed by atoms with Gasteiger partial charge in [-0.2, -0.15) is 0 Å². The molecule has 24 heavy (non-hydrogen) atoms. The van der Waals surface area contributed by atoms with Crippen LogP contribution in [0.25, 0.3) is 0 Å². The van der Waals surface area contributed by atoms with Crippen molar-refractivity contribution in [1.82, 2.24) is 4.73 Å². The van der Waals surface area contributed by atoms with Crippen LogP contribution in [0.1, 0.15) is 26.5 Å². The fourth-order valence-corrected chi connectivity index (χ4v) is 2.07. The van der Waals surface area contributed by atoms with Crippen molar-refractivity contribution < 1.29 is 23.6 Å². The Morgan fingerprint density at radius 2 is 1.88 bits per heavy atom. The Bertz CT molecular complexity index is 957. The highest BCUT2D eigenvalue weighted by molar-refractivity contribution is 6.08. The van der Waals surface area contributed by atoms with E-state index in [4.69, 9.17) is 4.42 Å². The number of amides is 1. The van der Waals surface area contributed by atoms with E-state index in [-0.39, 0.29) is 22.2 Å². The molecule has 1 amide bonds. The number of hydrogen-bond donors (Lipinski definition) is 1. The van der Waals surface area contributed by atoms with Crippen molar-refractivity contribution in [2.24, 2.45) is 4.99 Å². The Balaban J connectivity index is 2.07. The van der Waals surface area contributed by atoms with E-state index in [2.05, 4.69) is 4.99 Å². The van der Waals surface area contributed by atoms with Crippen LogP contribution in [-0.2, 0) is 0 Å². The largest absolute Gasteiger partial charge is 0.459 e. The minimum atomic E-state index is -0.663. The van der Waals surface area contributed by atoms with Gasteiger partial charge in [0, 0.05) is 11.8 Å². The normalized spacial score (nSPS) is 11.5. The van der Waals surface area contributed by atoms with Crippen molar-refractivity contribution in [3.8, 4) is 0 Å². The topological polar surface area (TPSA) is 84.8 Å². The summed E-state index contributed by atoms with van der Waals surface area (Å²) in [5, 5.41) is 9.62. The monoisotopic (exact) mass is 326 g/mol. The third kappa shape index (κ3) is 3.14. The first-order valence-electron chi connectivity index (χ1n) is 6.89. The number of pyridine rings is 1. The lowest BCUT2D eigenvalue weighted by atomic mass is 10.0. The van der Waals surface area contributed by atoms with Crippen LogP contribution in [0.15, 0.2) is 70.5 Å². The van der Waals surface area contributed by atoms with Crippen LogP contribution in [0.5, 0.6) is 0 Å². The first kappa shape index (κ1) is 15.4. The molecule has 6 nitrogen and oxygen atoms in total. The Morgan fingerprint density at radius 3 is 2.54 bits per heavy atom. The second kappa shape index (κ2) is 6.33. The minimum Gasteiger partial charge on any atom is -0.459 e. The molecule has 0 radical (unpaired) electrons. The molecule has 0 aliphatic rings. The Kier molecular flexibility index (Phi) is 4.07. The van der Waals surface area contributed by atoms with Gasteiger partial charge in [-0.15, -0.1) is 0 Å². The summed E-state index contributed by atoms with van der Waals surface area (Å²) in [5.74, 6) is -1.63. The summed E-state index contributed by atoms with van der Waals surface area (Å²) < 4.78 is 18.6.